The lowest BCUT2D eigenvalue weighted by molar-refractivity contribution is 0.0594. The molecule has 1 amide bonds. The number of carbonyl (C=O) groups excluding carboxylic acids is 2. The highest BCUT2D eigenvalue weighted by Gasteiger charge is 2.23. The van der Waals surface area contributed by atoms with Gasteiger partial charge in [0.25, 0.3) is 0 Å². The summed E-state index contributed by atoms with van der Waals surface area (Å²) >= 11 is 0. The molecular weight excluding hydrogens is 444 g/mol. The van der Waals surface area contributed by atoms with E-state index in [1.807, 2.05) is 37.3 Å². The van der Waals surface area contributed by atoms with Gasteiger partial charge in [-0.1, -0.05) is 43.7 Å². The summed E-state index contributed by atoms with van der Waals surface area (Å²) in [4.78, 5) is 36.6. The van der Waals surface area contributed by atoms with Crippen molar-refractivity contribution in [2.45, 2.75) is 32.4 Å². The van der Waals surface area contributed by atoms with Crippen LogP contribution in [-0.4, -0.2) is 34.1 Å². The Morgan fingerprint density at radius 3 is 2.44 bits per heavy atom. The van der Waals surface area contributed by atoms with Crippen molar-refractivity contribution < 1.29 is 32.3 Å². The van der Waals surface area contributed by atoms with Gasteiger partial charge in [-0.3, -0.25) is 0 Å². The zero-order valence-electron chi connectivity index (χ0n) is 18.5. The van der Waals surface area contributed by atoms with E-state index < -0.39 is 18.1 Å². The number of alkyl carbamates (subject to hydrolysis) is 1. The van der Waals surface area contributed by atoms with Crippen LogP contribution >= 0.6 is 0 Å². The zero-order valence-corrected chi connectivity index (χ0v) is 18.5. The predicted molar refractivity (Wildman–Crippen MR) is 116 cm³/mol. The standard InChI is InChI=1S/C23H22N4O7/c1-3-7-15(27-23(29)34-10-14-8-5-4-6-9-14)19-24-16(11-31-19)20-25-17(12-32-20)21-26-18(13-33-21)22(28)30-2/h4-6,8-9,11-13,15H,3,7,10H2,1-2H3,(H,27,29). The van der Waals surface area contributed by atoms with Gasteiger partial charge < -0.3 is 28.0 Å². The topological polar surface area (TPSA) is 143 Å². The van der Waals surface area contributed by atoms with E-state index in [0.717, 1.165) is 12.0 Å². The van der Waals surface area contributed by atoms with E-state index in [2.05, 4.69) is 25.0 Å². The smallest absolute Gasteiger partial charge is 0.408 e. The summed E-state index contributed by atoms with van der Waals surface area (Å²) in [6.07, 6.45) is 4.65. The molecule has 0 fully saturated rings. The normalized spacial score (nSPS) is 11.7. The van der Waals surface area contributed by atoms with Crippen LogP contribution in [-0.2, 0) is 16.1 Å². The molecule has 4 rings (SSSR count). The number of hydrogen-bond donors (Lipinski definition) is 1. The van der Waals surface area contributed by atoms with Crippen LogP contribution in [0.25, 0.3) is 23.2 Å². The average molecular weight is 466 g/mol. The molecule has 0 aliphatic heterocycles. The van der Waals surface area contributed by atoms with Crippen LogP contribution in [0.15, 0.2) is 62.4 Å². The third-order valence-electron chi connectivity index (χ3n) is 4.74. The number of hydrogen-bond acceptors (Lipinski definition) is 10. The number of ether oxygens (including phenoxy) is 2. The van der Waals surface area contributed by atoms with Gasteiger partial charge >= 0.3 is 12.1 Å². The first-order valence-corrected chi connectivity index (χ1v) is 10.5. The highest BCUT2D eigenvalue weighted by atomic mass is 16.5. The molecule has 0 bridgehead atoms. The van der Waals surface area contributed by atoms with Crippen LogP contribution in [0.1, 0.15) is 47.7 Å². The fraction of sp³-hybridized carbons (Fsp3) is 0.261. The minimum absolute atomic E-state index is 0.0124. The highest BCUT2D eigenvalue weighted by Crippen LogP contribution is 2.26. The molecule has 1 N–H and O–H groups in total. The molecule has 0 radical (unpaired) electrons. The number of amides is 1. The van der Waals surface area contributed by atoms with Crippen molar-refractivity contribution in [3.63, 3.8) is 0 Å². The van der Waals surface area contributed by atoms with E-state index in [9.17, 15) is 9.59 Å². The Kier molecular flexibility index (Phi) is 7.01. The van der Waals surface area contributed by atoms with Gasteiger partial charge in [-0.25, -0.2) is 24.5 Å². The van der Waals surface area contributed by atoms with E-state index in [0.29, 0.717) is 12.1 Å². The molecule has 1 aromatic carbocycles. The van der Waals surface area contributed by atoms with Crippen molar-refractivity contribution in [2.24, 2.45) is 0 Å². The third kappa shape index (κ3) is 5.31. The second kappa shape index (κ2) is 10.5. The molecule has 1 unspecified atom stereocenters. The number of carbonyl (C=O) groups is 2. The Morgan fingerprint density at radius 1 is 0.971 bits per heavy atom. The molecule has 34 heavy (non-hydrogen) atoms. The van der Waals surface area contributed by atoms with Crippen molar-refractivity contribution in [1.82, 2.24) is 20.3 Å². The molecule has 3 aromatic heterocycles. The lowest BCUT2D eigenvalue weighted by Crippen LogP contribution is -2.29. The zero-order chi connectivity index (χ0) is 23.9. The minimum atomic E-state index is -0.628. The number of esters is 1. The fourth-order valence-electron chi connectivity index (χ4n) is 3.08. The Hall–Kier alpha value is -4.41. The first-order chi connectivity index (χ1) is 16.6. The molecule has 11 heteroatoms. The third-order valence-corrected chi connectivity index (χ3v) is 4.74. The predicted octanol–water partition coefficient (Wildman–Crippen LogP) is 4.54. The summed E-state index contributed by atoms with van der Waals surface area (Å²) in [6.45, 7) is 2.13. The molecule has 11 nitrogen and oxygen atoms in total. The maximum atomic E-state index is 12.3. The number of methoxy groups -OCH3 is 1. The number of nitrogens with one attached hydrogen (secondary N) is 1. The van der Waals surface area contributed by atoms with Crippen LogP contribution in [0.4, 0.5) is 4.79 Å². The molecule has 0 saturated heterocycles. The van der Waals surface area contributed by atoms with Gasteiger partial charge in [-0.15, -0.1) is 0 Å². The van der Waals surface area contributed by atoms with Crippen molar-refractivity contribution in [3.8, 4) is 23.2 Å². The largest absolute Gasteiger partial charge is 0.464 e. The van der Waals surface area contributed by atoms with E-state index in [1.54, 1.807) is 0 Å². The number of oxazole rings is 3. The Labute approximate surface area is 194 Å². The van der Waals surface area contributed by atoms with Crippen LogP contribution in [0.3, 0.4) is 0 Å². The molecule has 4 aromatic rings. The van der Waals surface area contributed by atoms with Gasteiger partial charge in [0, 0.05) is 0 Å². The van der Waals surface area contributed by atoms with Crippen molar-refractivity contribution in [1.29, 1.82) is 0 Å². The Morgan fingerprint density at radius 2 is 1.68 bits per heavy atom. The average Bonchev–Trinajstić information content (AvgIpc) is 3.62. The maximum absolute atomic E-state index is 12.3. The van der Waals surface area contributed by atoms with Crippen LogP contribution in [0, 0.1) is 0 Å². The van der Waals surface area contributed by atoms with Crippen molar-refractivity contribution in [2.75, 3.05) is 7.11 Å². The van der Waals surface area contributed by atoms with Gasteiger partial charge in [0.2, 0.25) is 17.7 Å². The summed E-state index contributed by atoms with van der Waals surface area (Å²) in [6, 6.07) is 8.89. The summed E-state index contributed by atoms with van der Waals surface area (Å²) in [5, 5.41) is 2.78. The van der Waals surface area contributed by atoms with E-state index in [4.69, 9.17) is 18.0 Å². The van der Waals surface area contributed by atoms with Crippen molar-refractivity contribution >= 4 is 12.1 Å². The molecule has 1 atom stereocenters. The van der Waals surface area contributed by atoms with Crippen LogP contribution in [0.5, 0.6) is 0 Å². The first kappa shape index (κ1) is 22.8. The van der Waals surface area contributed by atoms with E-state index >= 15 is 0 Å². The van der Waals surface area contributed by atoms with Crippen molar-refractivity contribution in [3.05, 3.63) is 66.3 Å². The lowest BCUT2D eigenvalue weighted by atomic mass is 10.2. The van der Waals surface area contributed by atoms with Gasteiger partial charge in [0.1, 0.15) is 31.4 Å². The van der Waals surface area contributed by atoms with Crippen LogP contribution < -0.4 is 5.32 Å². The van der Waals surface area contributed by atoms with Gasteiger partial charge in [0.05, 0.1) is 7.11 Å². The number of rotatable bonds is 9. The van der Waals surface area contributed by atoms with Gasteiger partial charge in [-0.05, 0) is 12.0 Å². The number of aromatic nitrogens is 3. The molecular formula is C23H22N4O7. The molecule has 176 valence electrons. The Balaban J connectivity index is 1.43. The number of benzene rings is 1. The first-order valence-electron chi connectivity index (χ1n) is 10.5. The summed E-state index contributed by atoms with van der Waals surface area (Å²) in [5.74, 6) is -0.0930. The van der Waals surface area contributed by atoms with E-state index in [1.165, 1.54) is 25.9 Å². The molecule has 0 aliphatic rings. The van der Waals surface area contributed by atoms with E-state index in [-0.39, 0.29) is 35.7 Å². The Bertz CT molecular complexity index is 1250. The molecule has 0 saturated carbocycles. The summed E-state index contributed by atoms with van der Waals surface area (Å²) in [5.41, 5.74) is 1.48. The van der Waals surface area contributed by atoms with Crippen LogP contribution in [0.2, 0.25) is 0 Å². The quantitative estimate of drug-likeness (QED) is 0.349. The SMILES string of the molecule is CCCC(NC(=O)OCc1ccccc1)c1nc(-c2nc(-c3nc(C(=O)OC)co3)co2)co1. The summed E-state index contributed by atoms with van der Waals surface area (Å²) < 4.78 is 26.2. The number of nitrogens with zero attached hydrogens (tertiary/aromatic N) is 3. The fourth-order valence-corrected chi connectivity index (χ4v) is 3.08. The molecule has 0 spiro atoms. The molecule has 3 heterocycles. The lowest BCUT2D eigenvalue weighted by Gasteiger charge is -2.14. The molecule has 0 aliphatic carbocycles. The summed E-state index contributed by atoms with van der Waals surface area (Å²) in [7, 11) is 1.25. The second-order valence-corrected chi connectivity index (χ2v) is 7.19. The van der Waals surface area contributed by atoms with Gasteiger partial charge in [-0.2, -0.15) is 0 Å². The second-order valence-electron chi connectivity index (χ2n) is 7.19. The minimum Gasteiger partial charge on any atom is -0.464 e. The monoisotopic (exact) mass is 466 g/mol. The maximum Gasteiger partial charge on any atom is 0.408 e. The van der Waals surface area contributed by atoms with Gasteiger partial charge in [0.15, 0.2) is 17.1 Å². The highest BCUT2D eigenvalue weighted by molar-refractivity contribution is 5.87.